The number of aliphatic hydroxyl groups excluding tert-OH is 2. The van der Waals surface area contributed by atoms with E-state index in [9.17, 15) is 24.6 Å². The highest BCUT2D eigenvalue weighted by Gasteiger charge is 2.36. The molecule has 1 aliphatic rings. The number of fused-ring (bicyclic) bond motifs is 1. The van der Waals surface area contributed by atoms with Crippen molar-refractivity contribution in [3.8, 4) is 0 Å². The number of aliphatic hydroxyl groups is 2. The Morgan fingerprint density at radius 2 is 1.62 bits per heavy atom. The highest BCUT2D eigenvalue weighted by atomic mass is 16.5. The predicted octanol–water partition coefficient (Wildman–Crippen LogP) is 2.58. The number of likely N-dealkylation sites (N-methyl/N-ethyl adjacent to an activating group) is 1. The third-order valence-electron chi connectivity index (χ3n) is 6.70. The van der Waals surface area contributed by atoms with E-state index in [4.69, 9.17) is 9.73 Å². The fraction of sp³-hybridized carbons (Fsp3) is 0.267. The van der Waals surface area contributed by atoms with E-state index in [1.807, 2.05) is 30.3 Å². The number of rotatable bonds is 11. The van der Waals surface area contributed by atoms with E-state index in [2.05, 4.69) is 5.32 Å². The highest BCUT2D eigenvalue weighted by molar-refractivity contribution is 6.24. The number of anilines is 2. The number of hydrogen-bond acceptors (Lipinski definition) is 8. The normalized spacial score (nSPS) is 14.6. The van der Waals surface area contributed by atoms with Crippen LogP contribution in [-0.2, 0) is 14.3 Å². The molecule has 0 aliphatic carbocycles. The zero-order valence-corrected chi connectivity index (χ0v) is 22.4. The van der Waals surface area contributed by atoms with Crippen LogP contribution in [0.1, 0.15) is 27.4 Å². The first-order valence-electron chi connectivity index (χ1n) is 12.8. The number of hydrogen-bond donors (Lipinski definition) is 3. The van der Waals surface area contributed by atoms with Gasteiger partial charge in [0.1, 0.15) is 5.92 Å². The molecule has 40 heavy (non-hydrogen) atoms. The van der Waals surface area contributed by atoms with Crippen LogP contribution in [0.5, 0.6) is 0 Å². The Hall–Kier alpha value is -4.38. The largest absolute Gasteiger partial charge is 0.465 e. The molecule has 0 bridgehead atoms. The number of nitrogens with zero attached hydrogens (tertiary/aromatic N) is 3. The van der Waals surface area contributed by atoms with E-state index in [1.165, 1.54) is 12.0 Å². The number of aliphatic imine (C=N–C) groups is 1. The second-order valence-corrected chi connectivity index (χ2v) is 9.27. The lowest BCUT2D eigenvalue weighted by Gasteiger charge is -2.24. The fourth-order valence-corrected chi connectivity index (χ4v) is 4.57. The van der Waals surface area contributed by atoms with Gasteiger partial charge in [0.2, 0.25) is 11.8 Å². The van der Waals surface area contributed by atoms with E-state index < -0.39 is 11.9 Å². The Morgan fingerprint density at radius 3 is 2.25 bits per heavy atom. The van der Waals surface area contributed by atoms with Crippen molar-refractivity contribution in [3.05, 3.63) is 89.5 Å². The predicted molar refractivity (Wildman–Crippen MR) is 152 cm³/mol. The minimum atomic E-state index is -0.697. The van der Waals surface area contributed by atoms with Crippen LogP contribution in [0, 0.1) is 0 Å². The summed E-state index contributed by atoms with van der Waals surface area (Å²) in [5, 5.41) is 21.3. The molecule has 208 valence electrons. The summed E-state index contributed by atoms with van der Waals surface area (Å²) in [6.45, 7) is 0.423. The summed E-state index contributed by atoms with van der Waals surface area (Å²) in [4.78, 5) is 46.0. The molecule has 3 aromatic rings. The number of nitrogens with one attached hydrogen (secondary N) is 1. The standard InChI is InChI=1S/C30H32N4O6/c1-33(26(37)19-34(14-16-35)15-17-36)23-11-9-22(10-12-23)31-28(20-6-4-3-5-7-20)27-24-13-8-21(30(39)40-2)18-25(24)32-29(27)38/h3-13,18,27,35-36H,14-17,19H2,1-2H3,(H,32,38). The van der Waals surface area contributed by atoms with Crippen molar-refractivity contribution >= 4 is 40.6 Å². The van der Waals surface area contributed by atoms with Crippen molar-refractivity contribution in [1.82, 2.24) is 4.90 Å². The molecule has 0 fully saturated rings. The molecule has 10 heteroatoms. The first-order chi connectivity index (χ1) is 19.4. The molecule has 10 nitrogen and oxygen atoms in total. The monoisotopic (exact) mass is 544 g/mol. The summed E-state index contributed by atoms with van der Waals surface area (Å²) in [5.74, 6) is -1.63. The number of methoxy groups -OCH3 is 1. The molecule has 1 atom stereocenters. The molecule has 2 amide bonds. The Bertz CT molecular complexity index is 1390. The molecular formula is C30H32N4O6. The van der Waals surface area contributed by atoms with E-state index in [-0.39, 0.29) is 44.7 Å². The fourth-order valence-electron chi connectivity index (χ4n) is 4.57. The second kappa shape index (κ2) is 13.1. The summed E-state index contributed by atoms with van der Waals surface area (Å²) in [5.41, 5.74) is 4.15. The van der Waals surface area contributed by atoms with Crippen molar-refractivity contribution in [2.75, 3.05) is 57.2 Å². The van der Waals surface area contributed by atoms with Gasteiger partial charge in [-0.1, -0.05) is 36.4 Å². The van der Waals surface area contributed by atoms with Gasteiger partial charge in [-0.15, -0.1) is 0 Å². The quantitative estimate of drug-likeness (QED) is 0.250. The van der Waals surface area contributed by atoms with Gasteiger partial charge in [-0.2, -0.15) is 0 Å². The van der Waals surface area contributed by atoms with Crippen molar-refractivity contribution in [2.24, 2.45) is 4.99 Å². The maximum atomic E-state index is 13.2. The molecular weight excluding hydrogens is 512 g/mol. The van der Waals surface area contributed by atoms with E-state index >= 15 is 0 Å². The number of carbonyl (C=O) groups is 3. The Balaban J connectivity index is 1.63. The van der Waals surface area contributed by atoms with Crippen molar-refractivity contribution in [2.45, 2.75) is 5.92 Å². The summed E-state index contributed by atoms with van der Waals surface area (Å²) in [6.07, 6.45) is 0. The molecule has 0 radical (unpaired) electrons. The summed E-state index contributed by atoms with van der Waals surface area (Å²) in [7, 11) is 2.97. The van der Waals surface area contributed by atoms with Crippen LogP contribution < -0.4 is 10.2 Å². The smallest absolute Gasteiger partial charge is 0.337 e. The van der Waals surface area contributed by atoms with Crippen LogP contribution in [0.25, 0.3) is 0 Å². The second-order valence-electron chi connectivity index (χ2n) is 9.27. The van der Waals surface area contributed by atoms with Crippen molar-refractivity contribution in [1.29, 1.82) is 0 Å². The number of ether oxygens (including phenoxy) is 1. The van der Waals surface area contributed by atoms with Crippen LogP contribution in [0.2, 0.25) is 0 Å². The number of esters is 1. The maximum absolute atomic E-state index is 13.2. The molecule has 0 spiro atoms. The van der Waals surface area contributed by atoms with Crippen LogP contribution in [0.3, 0.4) is 0 Å². The number of amides is 2. The average molecular weight is 545 g/mol. The first kappa shape index (κ1) is 28.6. The van der Waals surface area contributed by atoms with Gasteiger partial charge in [-0.05, 0) is 47.5 Å². The molecule has 1 aliphatic heterocycles. The van der Waals surface area contributed by atoms with Gasteiger partial charge in [0, 0.05) is 31.5 Å². The summed E-state index contributed by atoms with van der Waals surface area (Å²) >= 11 is 0. The third-order valence-corrected chi connectivity index (χ3v) is 6.70. The van der Waals surface area contributed by atoms with Crippen molar-refractivity contribution in [3.63, 3.8) is 0 Å². The topological polar surface area (TPSA) is 132 Å². The summed E-state index contributed by atoms with van der Waals surface area (Å²) < 4.78 is 4.80. The summed E-state index contributed by atoms with van der Waals surface area (Å²) in [6, 6.07) is 21.5. The van der Waals surface area contributed by atoms with Gasteiger partial charge < -0.3 is 25.2 Å². The molecule has 0 saturated heterocycles. The molecule has 3 N–H and O–H groups in total. The first-order valence-corrected chi connectivity index (χ1v) is 12.8. The molecule has 4 rings (SSSR count). The molecule has 1 heterocycles. The lowest BCUT2D eigenvalue weighted by Crippen LogP contribution is -2.40. The van der Waals surface area contributed by atoms with Crippen LogP contribution in [0.15, 0.2) is 77.8 Å². The van der Waals surface area contributed by atoms with Crippen LogP contribution >= 0.6 is 0 Å². The van der Waals surface area contributed by atoms with E-state index in [0.717, 1.165) is 5.56 Å². The van der Waals surface area contributed by atoms with Gasteiger partial charge in [-0.3, -0.25) is 19.5 Å². The van der Waals surface area contributed by atoms with E-state index in [1.54, 1.807) is 54.4 Å². The average Bonchev–Trinajstić information content (AvgIpc) is 3.30. The zero-order chi connectivity index (χ0) is 28.6. The number of carbonyl (C=O) groups excluding carboxylic acids is 3. The van der Waals surface area contributed by atoms with Gasteiger partial charge in [0.25, 0.3) is 0 Å². The molecule has 0 aromatic heterocycles. The van der Waals surface area contributed by atoms with Gasteiger partial charge in [0.05, 0.1) is 43.8 Å². The highest BCUT2D eigenvalue weighted by Crippen LogP contribution is 2.37. The van der Waals surface area contributed by atoms with E-state index in [0.29, 0.717) is 33.9 Å². The molecule has 3 aromatic carbocycles. The van der Waals surface area contributed by atoms with Crippen LogP contribution in [0.4, 0.5) is 17.1 Å². The minimum Gasteiger partial charge on any atom is -0.465 e. The Labute approximate surface area is 232 Å². The van der Waals surface area contributed by atoms with Crippen LogP contribution in [-0.4, -0.2) is 85.6 Å². The van der Waals surface area contributed by atoms with Gasteiger partial charge in [0.15, 0.2) is 0 Å². The SMILES string of the molecule is COC(=O)c1ccc2c(c1)NC(=O)C2C(=Nc1ccc(N(C)C(=O)CN(CCO)CCO)cc1)c1ccccc1. The Morgan fingerprint density at radius 1 is 0.950 bits per heavy atom. The molecule has 1 unspecified atom stereocenters. The lowest BCUT2D eigenvalue weighted by atomic mass is 9.90. The van der Waals surface area contributed by atoms with Gasteiger partial charge in [-0.25, -0.2) is 4.79 Å². The maximum Gasteiger partial charge on any atom is 0.337 e. The van der Waals surface area contributed by atoms with Crippen molar-refractivity contribution < 1.29 is 29.3 Å². The zero-order valence-electron chi connectivity index (χ0n) is 22.4. The Kier molecular flexibility index (Phi) is 9.39. The number of benzene rings is 3. The lowest BCUT2D eigenvalue weighted by molar-refractivity contribution is -0.119. The third kappa shape index (κ3) is 6.42. The molecule has 0 saturated carbocycles. The minimum absolute atomic E-state index is 0.0591. The van der Waals surface area contributed by atoms with Gasteiger partial charge >= 0.3 is 5.97 Å².